The maximum atomic E-state index is 13.5. The molecule has 9 heteroatoms. The first kappa shape index (κ1) is 19.6. The minimum atomic E-state index is -4.84. The first-order valence-corrected chi connectivity index (χ1v) is 5.96. The Hall–Kier alpha value is -1.45. The number of aliphatic hydroxyl groups excluding tert-OH is 3. The smallest absolute Gasteiger partial charge is 0.391 e. The third-order valence-electron chi connectivity index (χ3n) is 2.45. The van der Waals surface area contributed by atoms with E-state index in [0.717, 1.165) is 6.92 Å². The van der Waals surface area contributed by atoms with Crippen LogP contribution in [0.1, 0.15) is 27.7 Å². The summed E-state index contributed by atoms with van der Waals surface area (Å²) in [5, 5.41) is 27.3. The molecular weight excluding hydrogens is 294 g/mol. The molecule has 0 aromatic heterocycles. The Labute approximate surface area is 119 Å². The maximum absolute atomic E-state index is 13.5. The van der Waals surface area contributed by atoms with Crippen LogP contribution in [0.15, 0.2) is 0 Å². The van der Waals surface area contributed by atoms with Gasteiger partial charge in [-0.25, -0.2) is 4.79 Å². The molecule has 0 fully saturated rings. The Bertz CT molecular complexity index is 426. The predicted molar refractivity (Wildman–Crippen MR) is 64.2 cm³/mol. The third kappa shape index (κ3) is 4.80. The van der Waals surface area contributed by atoms with Gasteiger partial charge in [0.05, 0.1) is 11.5 Å². The standard InChI is InChI=1S/C12H18F2O7/c1-5(15)6(16)7(17)8(18)12(13,14)10(20)21-9(19)11(2,3)4/h5-7,15-17H,1-4H3/t5?,6?,7-/m1/s1. The van der Waals surface area contributed by atoms with Gasteiger partial charge in [-0.15, -0.1) is 0 Å². The molecule has 0 spiro atoms. The monoisotopic (exact) mass is 312 g/mol. The van der Waals surface area contributed by atoms with Gasteiger partial charge >= 0.3 is 17.9 Å². The molecule has 3 atom stereocenters. The van der Waals surface area contributed by atoms with Crippen molar-refractivity contribution in [2.75, 3.05) is 0 Å². The van der Waals surface area contributed by atoms with Crippen molar-refractivity contribution in [2.24, 2.45) is 5.41 Å². The highest BCUT2D eigenvalue weighted by atomic mass is 19.3. The number of ketones is 1. The van der Waals surface area contributed by atoms with Gasteiger partial charge in [-0.3, -0.25) is 9.59 Å². The average molecular weight is 312 g/mol. The molecule has 2 unspecified atom stereocenters. The van der Waals surface area contributed by atoms with Crippen molar-refractivity contribution in [3.8, 4) is 0 Å². The van der Waals surface area contributed by atoms with Crippen molar-refractivity contribution >= 4 is 17.7 Å². The van der Waals surface area contributed by atoms with E-state index in [9.17, 15) is 28.3 Å². The fourth-order valence-corrected chi connectivity index (χ4v) is 1.01. The minimum absolute atomic E-state index is 0.945. The Kier molecular flexibility index (Phi) is 6.09. The van der Waals surface area contributed by atoms with Gasteiger partial charge in [0.15, 0.2) is 0 Å². The molecule has 0 saturated heterocycles. The molecule has 0 heterocycles. The number of hydrogen-bond acceptors (Lipinski definition) is 7. The Balaban J connectivity index is 5.08. The molecule has 0 radical (unpaired) electrons. The van der Waals surface area contributed by atoms with Crippen molar-refractivity contribution in [2.45, 2.75) is 51.9 Å². The molecule has 0 bridgehead atoms. The van der Waals surface area contributed by atoms with Crippen LogP contribution in [0.2, 0.25) is 0 Å². The van der Waals surface area contributed by atoms with Crippen molar-refractivity contribution in [3.63, 3.8) is 0 Å². The third-order valence-corrected chi connectivity index (χ3v) is 2.45. The molecule has 0 rings (SSSR count). The van der Waals surface area contributed by atoms with Gasteiger partial charge in [-0.2, -0.15) is 8.78 Å². The van der Waals surface area contributed by atoms with Crippen LogP contribution in [0.4, 0.5) is 8.78 Å². The summed E-state index contributed by atoms with van der Waals surface area (Å²) < 4.78 is 30.9. The van der Waals surface area contributed by atoms with Crippen LogP contribution < -0.4 is 0 Å². The van der Waals surface area contributed by atoms with Crippen LogP contribution in [0.5, 0.6) is 0 Å². The summed E-state index contributed by atoms with van der Waals surface area (Å²) >= 11 is 0. The number of esters is 2. The molecular formula is C12H18F2O7. The molecule has 0 amide bonds. The van der Waals surface area contributed by atoms with Crippen LogP contribution in [0, 0.1) is 5.41 Å². The van der Waals surface area contributed by atoms with Crippen LogP contribution in [0.25, 0.3) is 0 Å². The first-order valence-electron chi connectivity index (χ1n) is 5.96. The summed E-state index contributed by atoms with van der Waals surface area (Å²) in [6, 6.07) is 0. The molecule has 7 nitrogen and oxygen atoms in total. The number of Topliss-reactive ketones (excluding diaryl/α,β-unsaturated/α-hetero) is 1. The molecule has 0 aliphatic rings. The molecule has 0 aromatic carbocycles. The zero-order valence-corrected chi connectivity index (χ0v) is 12.0. The summed E-state index contributed by atoms with van der Waals surface area (Å²) in [7, 11) is 0. The van der Waals surface area contributed by atoms with E-state index in [0.29, 0.717) is 0 Å². The lowest BCUT2D eigenvalue weighted by Gasteiger charge is -2.23. The van der Waals surface area contributed by atoms with Crippen LogP contribution in [-0.2, 0) is 19.1 Å². The van der Waals surface area contributed by atoms with E-state index in [1.54, 1.807) is 0 Å². The van der Waals surface area contributed by atoms with E-state index in [2.05, 4.69) is 4.74 Å². The highest BCUT2D eigenvalue weighted by molar-refractivity contribution is 6.09. The molecule has 122 valence electrons. The van der Waals surface area contributed by atoms with Gasteiger partial charge in [-0.05, 0) is 27.7 Å². The second-order valence-electron chi connectivity index (χ2n) is 5.54. The number of carbonyl (C=O) groups excluding carboxylic acids is 3. The summed E-state index contributed by atoms with van der Waals surface area (Å²) in [5.74, 6) is -11.0. The van der Waals surface area contributed by atoms with Crippen molar-refractivity contribution in [1.29, 1.82) is 0 Å². The molecule has 0 aliphatic heterocycles. The number of ether oxygens (including phenoxy) is 1. The Morgan fingerprint density at radius 1 is 1.00 bits per heavy atom. The lowest BCUT2D eigenvalue weighted by atomic mass is 9.97. The highest BCUT2D eigenvalue weighted by Gasteiger charge is 2.54. The SMILES string of the molecule is CC(O)C(O)[C@@H](O)C(=O)C(F)(F)C(=O)OC(=O)C(C)(C)C. The van der Waals surface area contributed by atoms with Crippen LogP contribution >= 0.6 is 0 Å². The zero-order chi connectivity index (χ0) is 17.2. The summed E-state index contributed by atoms with van der Waals surface area (Å²) in [4.78, 5) is 33.8. The van der Waals surface area contributed by atoms with E-state index in [4.69, 9.17) is 10.2 Å². The van der Waals surface area contributed by atoms with Gasteiger partial charge in [0.25, 0.3) is 0 Å². The lowest BCUT2D eigenvalue weighted by Crippen LogP contribution is -2.52. The first-order chi connectivity index (χ1) is 9.22. The van der Waals surface area contributed by atoms with Crippen LogP contribution in [-0.4, -0.2) is 57.3 Å². The zero-order valence-electron chi connectivity index (χ0n) is 12.0. The fraction of sp³-hybridized carbons (Fsp3) is 0.750. The van der Waals surface area contributed by atoms with Crippen molar-refractivity contribution < 1.29 is 43.2 Å². The maximum Gasteiger partial charge on any atom is 0.403 e. The van der Waals surface area contributed by atoms with E-state index in [1.807, 2.05) is 0 Å². The second kappa shape index (κ2) is 6.54. The Morgan fingerprint density at radius 3 is 1.76 bits per heavy atom. The second-order valence-corrected chi connectivity index (χ2v) is 5.54. The topological polar surface area (TPSA) is 121 Å². The molecule has 0 aliphatic carbocycles. The van der Waals surface area contributed by atoms with Gasteiger partial charge in [-0.1, -0.05) is 0 Å². The van der Waals surface area contributed by atoms with Gasteiger partial charge in [0.1, 0.15) is 12.2 Å². The molecule has 0 saturated carbocycles. The summed E-state index contributed by atoms with van der Waals surface area (Å²) in [6.07, 6.45) is -6.61. The largest absolute Gasteiger partial charge is 0.403 e. The number of alkyl halides is 2. The van der Waals surface area contributed by atoms with E-state index < -0.39 is 47.4 Å². The lowest BCUT2D eigenvalue weighted by molar-refractivity contribution is -0.190. The van der Waals surface area contributed by atoms with Gasteiger partial charge in [0, 0.05) is 0 Å². The minimum Gasteiger partial charge on any atom is -0.391 e. The average Bonchev–Trinajstić information content (AvgIpc) is 2.34. The normalized spacial score (nSPS) is 16.8. The predicted octanol–water partition coefficient (Wildman–Crippen LogP) is -0.591. The Morgan fingerprint density at radius 2 is 1.43 bits per heavy atom. The van der Waals surface area contributed by atoms with Crippen molar-refractivity contribution in [3.05, 3.63) is 0 Å². The summed E-state index contributed by atoms with van der Waals surface area (Å²) in [5.41, 5.74) is -1.26. The number of aliphatic hydroxyl groups is 3. The van der Waals surface area contributed by atoms with Crippen LogP contribution in [0.3, 0.4) is 0 Å². The van der Waals surface area contributed by atoms with Gasteiger partial charge in [0.2, 0.25) is 5.78 Å². The quantitative estimate of drug-likeness (QED) is 0.458. The number of halogens is 2. The number of carbonyl (C=O) groups is 3. The van der Waals surface area contributed by atoms with Crippen molar-refractivity contribution in [1.82, 2.24) is 0 Å². The van der Waals surface area contributed by atoms with E-state index in [1.165, 1.54) is 20.8 Å². The van der Waals surface area contributed by atoms with Gasteiger partial charge < -0.3 is 20.1 Å². The highest BCUT2D eigenvalue weighted by Crippen LogP contribution is 2.23. The van der Waals surface area contributed by atoms with E-state index >= 15 is 0 Å². The summed E-state index contributed by atoms with van der Waals surface area (Å²) in [6.45, 7) is 4.85. The van der Waals surface area contributed by atoms with E-state index in [-0.39, 0.29) is 0 Å². The molecule has 21 heavy (non-hydrogen) atoms. The fourth-order valence-electron chi connectivity index (χ4n) is 1.01. The molecule has 0 aromatic rings. The number of rotatable bonds is 5. The molecule has 3 N–H and O–H groups in total. The number of hydrogen-bond donors (Lipinski definition) is 3.